The highest BCUT2D eigenvalue weighted by Crippen LogP contribution is 2.32. The van der Waals surface area contributed by atoms with E-state index in [4.69, 9.17) is 4.74 Å². The molecule has 0 radical (unpaired) electrons. The van der Waals surface area contributed by atoms with Gasteiger partial charge in [-0.25, -0.2) is 4.79 Å². The van der Waals surface area contributed by atoms with Crippen LogP contribution in [-0.4, -0.2) is 47.2 Å². The molecule has 1 heterocycles. The number of aryl methyl sites for hydroxylation is 1. The lowest BCUT2D eigenvalue weighted by Crippen LogP contribution is -2.46. The van der Waals surface area contributed by atoms with Gasteiger partial charge in [0.15, 0.2) is 5.78 Å². The molecule has 2 rings (SSSR count). The summed E-state index contributed by atoms with van der Waals surface area (Å²) >= 11 is 0. The van der Waals surface area contributed by atoms with Crippen molar-refractivity contribution >= 4 is 17.7 Å². The predicted molar refractivity (Wildman–Crippen MR) is 94.7 cm³/mol. The van der Waals surface area contributed by atoms with Crippen molar-refractivity contribution in [2.75, 3.05) is 13.7 Å². The van der Waals surface area contributed by atoms with Gasteiger partial charge in [0.05, 0.1) is 13.2 Å². The van der Waals surface area contributed by atoms with Crippen LogP contribution in [0.25, 0.3) is 0 Å². The number of Topliss-reactive ketones (excluding diaryl/α,β-unsaturated/α-hetero) is 1. The Morgan fingerprint density at radius 3 is 2.28 bits per heavy atom. The number of hydrogen-bond donors (Lipinski definition) is 1. The van der Waals surface area contributed by atoms with Crippen molar-refractivity contribution in [2.45, 2.75) is 53.5 Å². The Morgan fingerprint density at radius 2 is 1.80 bits per heavy atom. The van der Waals surface area contributed by atoms with Crippen LogP contribution in [0.3, 0.4) is 0 Å². The maximum atomic E-state index is 13.1. The molecule has 1 N–H and O–H groups in total. The van der Waals surface area contributed by atoms with Gasteiger partial charge in [-0.2, -0.15) is 0 Å². The number of carbonyl (C=O) groups is 3. The Morgan fingerprint density at radius 1 is 1.20 bits per heavy atom. The van der Waals surface area contributed by atoms with E-state index in [-0.39, 0.29) is 23.5 Å². The molecule has 1 unspecified atom stereocenters. The maximum absolute atomic E-state index is 13.1. The molecular formula is C19H28N2O4. The first kappa shape index (κ1) is 19.2. The van der Waals surface area contributed by atoms with Gasteiger partial charge in [0.1, 0.15) is 5.69 Å². The number of aromatic amines is 1. The van der Waals surface area contributed by atoms with E-state index in [0.29, 0.717) is 29.1 Å². The van der Waals surface area contributed by atoms with E-state index in [2.05, 4.69) is 4.98 Å². The minimum atomic E-state index is -0.561. The Balaban J connectivity index is 2.32. The molecular weight excluding hydrogens is 320 g/mol. The first-order valence-corrected chi connectivity index (χ1v) is 8.81. The van der Waals surface area contributed by atoms with Crippen LogP contribution >= 0.6 is 0 Å². The van der Waals surface area contributed by atoms with E-state index >= 15 is 0 Å². The third-order valence-electron chi connectivity index (χ3n) is 4.69. The van der Waals surface area contributed by atoms with Crippen molar-refractivity contribution in [1.29, 1.82) is 0 Å². The molecule has 1 aromatic rings. The van der Waals surface area contributed by atoms with Crippen LogP contribution in [0.4, 0.5) is 0 Å². The number of hydrogen-bond acceptors (Lipinski definition) is 4. The average Bonchev–Trinajstić information content (AvgIpc) is 3.36. The monoisotopic (exact) mass is 348 g/mol. The molecule has 6 heteroatoms. The van der Waals surface area contributed by atoms with Gasteiger partial charge in [-0.15, -0.1) is 0 Å². The van der Waals surface area contributed by atoms with Crippen molar-refractivity contribution in [1.82, 2.24) is 9.88 Å². The summed E-state index contributed by atoms with van der Waals surface area (Å²) in [5, 5.41) is 0. The predicted octanol–water partition coefficient (Wildman–Crippen LogP) is 2.88. The number of carbonyl (C=O) groups excluding carboxylic acids is 3. The fourth-order valence-corrected chi connectivity index (χ4v) is 3.17. The Bertz CT molecular complexity index is 686. The number of ketones is 1. The zero-order chi connectivity index (χ0) is 18.9. The lowest BCUT2D eigenvalue weighted by atomic mass is 9.98. The van der Waals surface area contributed by atoms with Crippen LogP contribution in [0.2, 0.25) is 0 Å². The van der Waals surface area contributed by atoms with Gasteiger partial charge in [-0.3, -0.25) is 9.59 Å². The highest BCUT2D eigenvalue weighted by Gasteiger charge is 2.38. The standard InChI is InChI=1S/C19H28N2O4/c1-10(2)9-21(18(23)14-7-8-14)13(5)17(22)15-11(3)16(19(24)25-6)20-12(15)4/h10,13-14,20H,7-9H2,1-6H3. The topological polar surface area (TPSA) is 79.5 Å². The van der Waals surface area contributed by atoms with Crippen LogP contribution in [0.15, 0.2) is 0 Å². The summed E-state index contributed by atoms with van der Waals surface area (Å²) in [5.41, 5.74) is 1.97. The van der Waals surface area contributed by atoms with Crippen LogP contribution in [0.1, 0.15) is 65.7 Å². The lowest BCUT2D eigenvalue weighted by Gasteiger charge is -2.30. The van der Waals surface area contributed by atoms with Gasteiger partial charge in [-0.05, 0) is 45.1 Å². The van der Waals surface area contributed by atoms with Crippen LogP contribution in [0.5, 0.6) is 0 Å². The summed E-state index contributed by atoms with van der Waals surface area (Å²) in [5.74, 6) is -0.241. The molecule has 0 bridgehead atoms. The molecule has 1 amide bonds. The van der Waals surface area contributed by atoms with Crippen molar-refractivity contribution in [3.8, 4) is 0 Å². The Labute approximate surface area is 148 Å². The third-order valence-corrected chi connectivity index (χ3v) is 4.69. The van der Waals surface area contributed by atoms with Gasteiger partial charge < -0.3 is 14.6 Å². The Kier molecular flexibility index (Phi) is 5.70. The molecule has 0 aliphatic heterocycles. The highest BCUT2D eigenvalue weighted by molar-refractivity contribution is 6.06. The van der Waals surface area contributed by atoms with Crippen molar-refractivity contribution < 1.29 is 19.1 Å². The minimum Gasteiger partial charge on any atom is -0.464 e. The number of methoxy groups -OCH3 is 1. The smallest absolute Gasteiger partial charge is 0.354 e. The molecule has 1 saturated carbocycles. The summed E-state index contributed by atoms with van der Waals surface area (Å²) in [4.78, 5) is 42.3. The molecule has 6 nitrogen and oxygen atoms in total. The van der Waals surface area contributed by atoms with E-state index in [0.717, 1.165) is 12.8 Å². The number of nitrogens with one attached hydrogen (secondary N) is 1. The molecule has 1 aliphatic rings. The van der Waals surface area contributed by atoms with Crippen LogP contribution in [0, 0.1) is 25.7 Å². The number of amides is 1. The normalized spacial score (nSPS) is 15.2. The number of nitrogens with zero attached hydrogens (tertiary/aromatic N) is 1. The largest absolute Gasteiger partial charge is 0.464 e. The first-order valence-electron chi connectivity index (χ1n) is 8.81. The lowest BCUT2D eigenvalue weighted by molar-refractivity contribution is -0.134. The molecule has 0 spiro atoms. The molecule has 138 valence electrons. The zero-order valence-electron chi connectivity index (χ0n) is 15.9. The second kappa shape index (κ2) is 7.42. The number of aromatic nitrogens is 1. The van der Waals surface area contributed by atoms with E-state index in [1.54, 1.807) is 25.7 Å². The van der Waals surface area contributed by atoms with Gasteiger partial charge in [0.2, 0.25) is 5.91 Å². The summed E-state index contributed by atoms with van der Waals surface area (Å²) < 4.78 is 4.76. The van der Waals surface area contributed by atoms with E-state index in [1.165, 1.54) is 7.11 Å². The van der Waals surface area contributed by atoms with E-state index < -0.39 is 12.0 Å². The fraction of sp³-hybridized carbons (Fsp3) is 0.632. The van der Waals surface area contributed by atoms with Crippen LogP contribution in [-0.2, 0) is 9.53 Å². The fourth-order valence-electron chi connectivity index (χ4n) is 3.17. The second-order valence-electron chi connectivity index (χ2n) is 7.32. The Hall–Kier alpha value is -2.11. The van der Waals surface area contributed by atoms with Crippen molar-refractivity contribution in [3.63, 3.8) is 0 Å². The number of ether oxygens (including phenoxy) is 1. The van der Waals surface area contributed by atoms with E-state index in [1.807, 2.05) is 13.8 Å². The van der Waals surface area contributed by atoms with Gasteiger partial charge in [0, 0.05) is 23.7 Å². The van der Waals surface area contributed by atoms with Gasteiger partial charge >= 0.3 is 5.97 Å². The first-order chi connectivity index (χ1) is 11.7. The number of H-pyrrole nitrogens is 1. The highest BCUT2D eigenvalue weighted by atomic mass is 16.5. The number of esters is 1. The SMILES string of the molecule is COC(=O)c1[nH]c(C)c(C(=O)C(C)N(CC(C)C)C(=O)C2CC2)c1C. The molecule has 0 aromatic carbocycles. The third kappa shape index (κ3) is 3.94. The average molecular weight is 348 g/mol. The molecule has 1 atom stereocenters. The maximum Gasteiger partial charge on any atom is 0.354 e. The van der Waals surface area contributed by atoms with E-state index in [9.17, 15) is 14.4 Å². The van der Waals surface area contributed by atoms with Crippen molar-refractivity contribution in [3.05, 3.63) is 22.5 Å². The van der Waals surface area contributed by atoms with Gasteiger partial charge in [-0.1, -0.05) is 13.8 Å². The molecule has 1 aromatic heterocycles. The molecule has 1 fully saturated rings. The molecule has 0 saturated heterocycles. The summed E-state index contributed by atoms with van der Waals surface area (Å²) in [6, 6.07) is -0.561. The molecule has 1 aliphatic carbocycles. The molecule has 25 heavy (non-hydrogen) atoms. The summed E-state index contributed by atoms with van der Waals surface area (Å²) in [7, 11) is 1.31. The summed E-state index contributed by atoms with van der Waals surface area (Å²) in [6.07, 6.45) is 1.81. The van der Waals surface area contributed by atoms with Crippen molar-refractivity contribution in [2.24, 2.45) is 11.8 Å². The quantitative estimate of drug-likeness (QED) is 0.607. The van der Waals surface area contributed by atoms with Gasteiger partial charge in [0.25, 0.3) is 0 Å². The minimum absolute atomic E-state index is 0.0630. The zero-order valence-corrected chi connectivity index (χ0v) is 15.9. The second-order valence-corrected chi connectivity index (χ2v) is 7.32. The summed E-state index contributed by atoms with van der Waals surface area (Å²) in [6.45, 7) is 9.88. The number of rotatable bonds is 7. The van der Waals surface area contributed by atoms with Crippen LogP contribution < -0.4 is 0 Å².